The van der Waals surface area contributed by atoms with Crippen molar-refractivity contribution in [3.05, 3.63) is 101 Å². The van der Waals surface area contributed by atoms with E-state index in [4.69, 9.17) is 4.74 Å². The van der Waals surface area contributed by atoms with Gasteiger partial charge in [0.2, 0.25) is 15.9 Å². The van der Waals surface area contributed by atoms with Crippen LogP contribution in [0.3, 0.4) is 0 Å². The highest BCUT2D eigenvalue weighted by Gasteiger charge is 2.40. The molecule has 0 radical (unpaired) electrons. The summed E-state index contributed by atoms with van der Waals surface area (Å²) in [5.41, 5.74) is 0.679. The Morgan fingerprint density at radius 3 is 2.30 bits per heavy atom. The quantitative estimate of drug-likeness (QED) is 0.256. The molecule has 0 aliphatic carbocycles. The highest BCUT2D eigenvalue weighted by Crippen LogP contribution is 2.32. The van der Waals surface area contributed by atoms with Gasteiger partial charge in [-0.25, -0.2) is 13.2 Å². The third-order valence-electron chi connectivity index (χ3n) is 7.15. The number of halogens is 3. The Morgan fingerprint density at radius 1 is 0.953 bits per heavy atom. The number of rotatable bonds is 10. The molecular formula is C31H31F3N2O6S. The van der Waals surface area contributed by atoms with Gasteiger partial charge < -0.3 is 10.1 Å². The second-order valence-corrected chi connectivity index (χ2v) is 12.2. The van der Waals surface area contributed by atoms with E-state index in [1.165, 1.54) is 6.92 Å². The first-order valence-corrected chi connectivity index (χ1v) is 15.1. The van der Waals surface area contributed by atoms with E-state index in [9.17, 15) is 36.0 Å². The van der Waals surface area contributed by atoms with Gasteiger partial charge in [-0.05, 0) is 49.1 Å². The van der Waals surface area contributed by atoms with E-state index < -0.39 is 50.6 Å². The number of esters is 1. The Hall–Kier alpha value is -4.03. The molecule has 1 amide bonds. The summed E-state index contributed by atoms with van der Waals surface area (Å²) < 4.78 is 73.3. The molecule has 1 aliphatic rings. The van der Waals surface area contributed by atoms with Crippen LogP contribution in [0.1, 0.15) is 53.2 Å². The molecule has 0 saturated carbocycles. The van der Waals surface area contributed by atoms with Gasteiger partial charge in [-0.15, -0.1) is 0 Å². The zero-order valence-electron chi connectivity index (χ0n) is 23.3. The number of Topliss-reactive ketones (excluding diaryl/α,β-unsaturated/α-hetero) is 1. The number of ether oxygens (including phenoxy) is 1. The number of carbonyl (C=O) groups excluding carboxylic acids is 3. The monoisotopic (exact) mass is 616 g/mol. The molecule has 1 fully saturated rings. The smallest absolute Gasteiger partial charge is 0.416 e. The van der Waals surface area contributed by atoms with Crippen molar-refractivity contribution in [1.82, 2.24) is 9.62 Å². The van der Waals surface area contributed by atoms with Crippen molar-refractivity contribution in [3.8, 4) is 0 Å². The molecule has 0 aromatic heterocycles. The van der Waals surface area contributed by atoms with Crippen LogP contribution < -0.4 is 5.32 Å². The molecule has 1 saturated heterocycles. The number of carbonyl (C=O) groups is 3. The maximum atomic E-state index is 13.6. The third kappa shape index (κ3) is 8.08. The first kappa shape index (κ1) is 31.9. The minimum Gasteiger partial charge on any atom is -0.459 e. The fraction of sp³-hybridized carbons (Fsp3) is 0.323. The first-order valence-electron chi connectivity index (χ1n) is 13.7. The van der Waals surface area contributed by atoms with Crippen molar-refractivity contribution in [3.63, 3.8) is 0 Å². The minimum atomic E-state index is -4.75. The number of hydrogen-bond acceptors (Lipinski definition) is 6. The number of nitrogens with zero attached hydrogens (tertiary/aromatic N) is 1. The molecule has 2 atom stereocenters. The molecule has 4 rings (SSSR count). The van der Waals surface area contributed by atoms with Crippen LogP contribution in [0.4, 0.5) is 13.2 Å². The van der Waals surface area contributed by atoms with E-state index in [0.717, 1.165) is 28.1 Å². The highest BCUT2D eigenvalue weighted by molar-refractivity contribution is 7.89. The van der Waals surface area contributed by atoms with Crippen LogP contribution in [0, 0.1) is 0 Å². The largest absolute Gasteiger partial charge is 0.459 e. The van der Waals surface area contributed by atoms with Crippen LogP contribution in [0.5, 0.6) is 0 Å². The predicted octanol–water partition coefficient (Wildman–Crippen LogP) is 4.92. The average molecular weight is 617 g/mol. The van der Waals surface area contributed by atoms with E-state index in [1.54, 1.807) is 48.5 Å². The van der Waals surface area contributed by atoms with Crippen molar-refractivity contribution < 1.29 is 40.7 Å². The molecule has 0 bridgehead atoms. The molecule has 1 aliphatic heterocycles. The van der Waals surface area contributed by atoms with Gasteiger partial charge in [0.1, 0.15) is 18.7 Å². The van der Waals surface area contributed by atoms with Crippen molar-refractivity contribution in [1.29, 1.82) is 0 Å². The molecule has 3 aromatic carbocycles. The topological polar surface area (TPSA) is 110 Å². The van der Waals surface area contributed by atoms with E-state index >= 15 is 0 Å². The predicted molar refractivity (Wildman–Crippen MR) is 151 cm³/mol. The lowest BCUT2D eigenvalue weighted by molar-refractivity contribution is -0.149. The van der Waals surface area contributed by atoms with Gasteiger partial charge in [-0.3, -0.25) is 9.59 Å². The Morgan fingerprint density at radius 2 is 1.65 bits per heavy atom. The summed E-state index contributed by atoms with van der Waals surface area (Å²) in [6, 6.07) is 16.3. The lowest BCUT2D eigenvalue weighted by Crippen LogP contribution is -2.55. The molecule has 0 spiro atoms. The summed E-state index contributed by atoms with van der Waals surface area (Å²) in [4.78, 5) is 37.9. The fourth-order valence-corrected chi connectivity index (χ4v) is 6.53. The number of benzene rings is 3. The van der Waals surface area contributed by atoms with Gasteiger partial charge >= 0.3 is 12.1 Å². The number of alkyl halides is 3. The van der Waals surface area contributed by atoms with Gasteiger partial charge in [-0.1, -0.05) is 67.1 Å². The Kier molecular flexibility index (Phi) is 10.0. The summed E-state index contributed by atoms with van der Waals surface area (Å²) in [7, 11) is -4.49. The average Bonchev–Trinajstić information content (AvgIpc) is 3.00. The van der Waals surface area contributed by atoms with Crippen molar-refractivity contribution in [2.45, 2.75) is 62.4 Å². The van der Waals surface area contributed by atoms with Crippen LogP contribution in [0.2, 0.25) is 0 Å². The van der Waals surface area contributed by atoms with E-state index in [0.29, 0.717) is 30.0 Å². The first-order chi connectivity index (χ1) is 20.4. The molecular weight excluding hydrogens is 585 g/mol. The zero-order chi connectivity index (χ0) is 31.2. The molecule has 12 heteroatoms. The summed E-state index contributed by atoms with van der Waals surface area (Å²) >= 11 is 0. The number of hydrogen-bond donors (Lipinski definition) is 1. The normalized spacial score (nSPS) is 16.7. The Bertz CT molecular complexity index is 1560. The molecule has 1 N–H and O–H groups in total. The van der Waals surface area contributed by atoms with Gasteiger partial charge in [0, 0.05) is 18.5 Å². The summed E-state index contributed by atoms with van der Waals surface area (Å²) in [6.07, 6.45) is -3.73. The van der Waals surface area contributed by atoms with Crippen LogP contribution in [0.25, 0.3) is 0 Å². The molecule has 3 aromatic rings. The minimum absolute atomic E-state index is 0.00928. The Labute approximate surface area is 247 Å². The number of piperidine rings is 1. The van der Waals surface area contributed by atoms with Gasteiger partial charge in [0.15, 0.2) is 5.78 Å². The Balaban J connectivity index is 1.57. The van der Waals surface area contributed by atoms with Gasteiger partial charge in [-0.2, -0.15) is 17.5 Å². The second kappa shape index (κ2) is 13.5. The summed E-state index contributed by atoms with van der Waals surface area (Å²) in [6.45, 7) is 1.28. The number of nitrogens with one attached hydrogen (secondary N) is 1. The maximum Gasteiger partial charge on any atom is 0.416 e. The lowest BCUT2D eigenvalue weighted by Gasteiger charge is -2.34. The SMILES string of the molecule is CC(=O)c1ccc(C[C@H](NC(=O)C2CCCCN2S(=O)(=O)c2cccc(C(F)(F)F)c2)C(=O)OCc2ccccc2)cc1. The van der Waals surface area contributed by atoms with Crippen LogP contribution in [0.15, 0.2) is 83.8 Å². The number of amides is 1. The van der Waals surface area contributed by atoms with E-state index in [1.807, 2.05) is 6.07 Å². The standard InChI is InChI=1S/C31H31F3N2O6S/c1-21(37)24-15-13-22(14-16-24)18-27(30(39)42-20-23-8-3-2-4-9-23)35-29(38)28-12-5-6-17-36(28)43(40,41)26-11-7-10-25(19-26)31(32,33)34/h2-4,7-11,13-16,19,27-28H,5-6,12,17-18,20H2,1H3,(H,35,38)/t27-,28?/m0/s1. The molecule has 43 heavy (non-hydrogen) atoms. The van der Waals surface area contributed by atoms with Crippen molar-refractivity contribution in [2.75, 3.05) is 6.54 Å². The zero-order valence-corrected chi connectivity index (χ0v) is 24.2. The summed E-state index contributed by atoms with van der Waals surface area (Å²) in [5, 5.41) is 2.63. The lowest BCUT2D eigenvalue weighted by atomic mass is 10.0. The van der Waals surface area contributed by atoms with E-state index in [-0.39, 0.29) is 31.8 Å². The van der Waals surface area contributed by atoms with Gasteiger partial charge in [0.05, 0.1) is 10.5 Å². The van der Waals surface area contributed by atoms with Crippen molar-refractivity contribution in [2.24, 2.45) is 0 Å². The number of ketones is 1. The summed E-state index contributed by atoms with van der Waals surface area (Å²) in [5.74, 6) is -1.66. The maximum absolute atomic E-state index is 13.6. The number of sulfonamides is 1. The van der Waals surface area contributed by atoms with Gasteiger partial charge in [0.25, 0.3) is 0 Å². The third-order valence-corrected chi connectivity index (χ3v) is 9.05. The molecule has 1 heterocycles. The second-order valence-electron chi connectivity index (χ2n) is 10.3. The van der Waals surface area contributed by atoms with Crippen LogP contribution >= 0.6 is 0 Å². The van der Waals surface area contributed by atoms with Crippen LogP contribution in [-0.4, -0.2) is 49.0 Å². The van der Waals surface area contributed by atoms with Crippen LogP contribution in [-0.2, 0) is 43.6 Å². The molecule has 1 unspecified atom stereocenters. The van der Waals surface area contributed by atoms with Crippen molar-refractivity contribution >= 4 is 27.7 Å². The molecule has 228 valence electrons. The molecule has 8 nitrogen and oxygen atoms in total. The highest BCUT2D eigenvalue weighted by atomic mass is 32.2. The van der Waals surface area contributed by atoms with E-state index in [2.05, 4.69) is 5.32 Å². The fourth-order valence-electron chi connectivity index (χ4n) is 4.82.